The number of rotatable bonds is 6. The van der Waals surface area contributed by atoms with Crippen molar-refractivity contribution in [2.24, 2.45) is 5.92 Å². The van der Waals surface area contributed by atoms with E-state index < -0.39 is 0 Å². The van der Waals surface area contributed by atoms with Crippen LogP contribution < -0.4 is 0 Å². The van der Waals surface area contributed by atoms with Crippen LogP contribution in [0.25, 0.3) is 0 Å². The van der Waals surface area contributed by atoms with Gasteiger partial charge in [-0.15, -0.1) is 6.58 Å². The summed E-state index contributed by atoms with van der Waals surface area (Å²) in [5.41, 5.74) is 0. The first kappa shape index (κ1) is 9.70. The minimum atomic E-state index is 0.639. The summed E-state index contributed by atoms with van der Waals surface area (Å²) in [5.74, 6) is 0.639. The first-order valence-electron chi connectivity index (χ1n) is 4.01. The van der Waals surface area contributed by atoms with Gasteiger partial charge < -0.3 is 4.74 Å². The Morgan fingerprint density at radius 2 is 2.30 bits per heavy atom. The Hall–Kier alpha value is -0.300. The van der Waals surface area contributed by atoms with E-state index in [0.717, 1.165) is 19.6 Å². The van der Waals surface area contributed by atoms with E-state index in [9.17, 15) is 0 Å². The molecule has 1 unspecified atom stereocenters. The van der Waals surface area contributed by atoms with Gasteiger partial charge in [0, 0.05) is 13.2 Å². The Balaban J connectivity index is 2.95. The molecular formula is C9H18O. The summed E-state index contributed by atoms with van der Waals surface area (Å²) in [5, 5.41) is 0. The fraction of sp³-hybridized carbons (Fsp3) is 0.778. The second kappa shape index (κ2) is 6.81. The Kier molecular flexibility index (Phi) is 6.61. The highest BCUT2D eigenvalue weighted by atomic mass is 16.5. The van der Waals surface area contributed by atoms with Crippen LogP contribution in [-0.2, 0) is 4.74 Å². The highest BCUT2D eigenvalue weighted by Crippen LogP contribution is 2.05. The van der Waals surface area contributed by atoms with Crippen LogP contribution >= 0.6 is 0 Å². The molecule has 0 aliphatic rings. The molecule has 1 heteroatoms. The van der Waals surface area contributed by atoms with Crippen molar-refractivity contribution in [2.45, 2.75) is 26.7 Å². The molecule has 0 saturated carbocycles. The Bertz CT molecular complexity index is 78.8. The second-order valence-electron chi connectivity index (χ2n) is 2.55. The van der Waals surface area contributed by atoms with Crippen LogP contribution in [-0.4, -0.2) is 13.2 Å². The van der Waals surface area contributed by atoms with Gasteiger partial charge in [0.05, 0.1) is 0 Å². The molecule has 0 radical (unpaired) electrons. The second-order valence-corrected chi connectivity index (χ2v) is 2.55. The summed E-state index contributed by atoms with van der Waals surface area (Å²) in [6, 6.07) is 0. The van der Waals surface area contributed by atoms with Crippen molar-refractivity contribution in [1.82, 2.24) is 0 Å². The lowest BCUT2D eigenvalue weighted by atomic mass is 10.1. The predicted octanol–water partition coefficient (Wildman–Crippen LogP) is 2.63. The molecule has 0 fully saturated rings. The molecule has 1 atom stereocenters. The van der Waals surface area contributed by atoms with Crippen molar-refractivity contribution in [3.8, 4) is 0 Å². The Morgan fingerprint density at radius 1 is 1.60 bits per heavy atom. The van der Waals surface area contributed by atoms with Gasteiger partial charge in [0.1, 0.15) is 0 Å². The van der Waals surface area contributed by atoms with Crippen LogP contribution in [0.3, 0.4) is 0 Å². The fourth-order valence-corrected chi connectivity index (χ4v) is 0.770. The standard InChI is InChI=1S/C9H18O/c1-4-9(3)7-6-8-10-5-2/h4,9H,1,5-8H2,2-3H3. The van der Waals surface area contributed by atoms with Crippen LogP contribution in [0.5, 0.6) is 0 Å². The van der Waals surface area contributed by atoms with E-state index in [4.69, 9.17) is 4.74 Å². The van der Waals surface area contributed by atoms with Gasteiger partial charge in [-0.25, -0.2) is 0 Å². The third-order valence-corrected chi connectivity index (χ3v) is 1.55. The normalized spacial score (nSPS) is 13.0. The van der Waals surface area contributed by atoms with Crippen molar-refractivity contribution in [2.75, 3.05) is 13.2 Å². The number of hydrogen-bond acceptors (Lipinski definition) is 1. The summed E-state index contributed by atoms with van der Waals surface area (Å²) in [6.45, 7) is 9.66. The van der Waals surface area contributed by atoms with Crippen molar-refractivity contribution < 1.29 is 4.74 Å². The van der Waals surface area contributed by atoms with Crippen LogP contribution in [0.2, 0.25) is 0 Å². The molecule has 60 valence electrons. The molecule has 0 aliphatic heterocycles. The molecule has 0 aromatic rings. The van der Waals surface area contributed by atoms with Crippen LogP contribution in [0.15, 0.2) is 12.7 Å². The summed E-state index contributed by atoms with van der Waals surface area (Å²) in [6.07, 6.45) is 4.34. The highest BCUT2D eigenvalue weighted by molar-refractivity contribution is 4.74. The monoisotopic (exact) mass is 142 g/mol. The highest BCUT2D eigenvalue weighted by Gasteiger charge is 1.94. The van der Waals surface area contributed by atoms with Crippen molar-refractivity contribution in [3.05, 3.63) is 12.7 Å². The van der Waals surface area contributed by atoms with E-state index in [1.54, 1.807) is 0 Å². The van der Waals surface area contributed by atoms with E-state index >= 15 is 0 Å². The molecule has 0 spiro atoms. The van der Waals surface area contributed by atoms with Crippen molar-refractivity contribution in [1.29, 1.82) is 0 Å². The molecule has 0 N–H and O–H groups in total. The zero-order valence-electron chi connectivity index (χ0n) is 7.10. The summed E-state index contributed by atoms with van der Waals surface area (Å²) >= 11 is 0. The molecule has 0 saturated heterocycles. The summed E-state index contributed by atoms with van der Waals surface area (Å²) < 4.78 is 5.19. The van der Waals surface area contributed by atoms with Crippen LogP contribution in [0, 0.1) is 5.92 Å². The summed E-state index contributed by atoms with van der Waals surface area (Å²) in [4.78, 5) is 0. The molecule has 0 heterocycles. The predicted molar refractivity (Wildman–Crippen MR) is 45.1 cm³/mol. The quantitative estimate of drug-likeness (QED) is 0.409. The average Bonchev–Trinajstić information content (AvgIpc) is 1.98. The van der Waals surface area contributed by atoms with Gasteiger partial charge in [-0.2, -0.15) is 0 Å². The summed E-state index contributed by atoms with van der Waals surface area (Å²) in [7, 11) is 0. The zero-order valence-corrected chi connectivity index (χ0v) is 7.10. The maximum Gasteiger partial charge on any atom is 0.0466 e. The number of ether oxygens (including phenoxy) is 1. The van der Waals surface area contributed by atoms with Gasteiger partial charge in [0.15, 0.2) is 0 Å². The minimum Gasteiger partial charge on any atom is -0.382 e. The first-order valence-corrected chi connectivity index (χ1v) is 4.01. The largest absolute Gasteiger partial charge is 0.382 e. The lowest BCUT2D eigenvalue weighted by molar-refractivity contribution is 0.141. The third kappa shape index (κ3) is 5.83. The maximum absolute atomic E-state index is 5.19. The first-order chi connectivity index (χ1) is 4.81. The van der Waals surface area contributed by atoms with Crippen LogP contribution in [0.4, 0.5) is 0 Å². The van der Waals surface area contributed by atoms with Gasteiger partial charge in [-0.05, 0) is 25.7 Å². The molecule has 0 aromatic carbocycles. The molecule has 0 aromatic heterocycles. The lowest BCUT2D eigenvalue weighted by Crippen LogP contribution is -1.96. The molecule has 0 bridgehead atoms. The van der Waals surface area contributed by atoms with Gasteiger partial charge in [0.25, 0.3) is 0 Å². The zero-order chi connectivity index (χ0) is 7.82. The molecule has 10 heavy (non-hydrogen) atoms. The fourth-order valence-electron chi connectivity index (χ4n) is 0.770. The molecule has 0 rings (SSSR count). The Morgan fingerprint density at radius 3 is 2.80 bits per heavy atom. The van der Waals surface area contributed by atoms with Gasteiger partial charge in [-0.3, -0.25) is 0 Å². The van der Waals surface area contributed by atoms with Crippen molar-refractivity contribution >= 4 is 0 Å². The molecule has 0 aliphatic carbocycles. The number of allylic oxidation sites excluding steroid dienone is 1. The van der Waals surface area contributed by atoms with E-state index in [-0.39, 0.29) is 0 Å². The SMILES string of the molecule is C=CC(C)CCCOCC. The van der Waals surface area contributed by atoms with Gasteiger partial charge in [0.2, 0.25) is 0 Å². The van der Waals surface area contributed by atoms with E-state index in [1.165, 1.54) is 6.42 Å². The molecular weight excluding hydrogens is 124 g/mol. The van der Waals surface area contributed by atoms with E-state index in [1.807, 2.05) is 13.0 Å². The van der Waals surface area contributed by atoms with Crippen molar-refractivity contribution in [3.63, 3.8) is 0 Å². The maximum atomic E-state index is 5.19. The van der Waals surface area contributed by atoms with E-state index in [2.05, 4.69) is 13.5 Å². The smallest absolute Gasteiger partial charge is 0.0466 e. The third-order valence-electron chi connectivity index (χ3n) is 1.55. The molecule has 0 amide bonds. The van der Waals surface area contributed by atoms with Crippen LogP contribution in [0.1, 0.15) is 26.7 Å². The Labute approximate surface area is 64.1 Å². The number of hydrogen-bond donors (Lipinski definition) is 0. The minimum absolute atomic E-state index is 0.639. The van der Waals surface area contributed by atoms with E-state index in [0.29, 0.717) is 5.92 Å². The topological polar surface area (TPSA) is 9.23 Å². The average molecular weight is 142 g/mol. The van der Waals surface area contributed by atoms with Gasteiger partial charge in [-0.1, -0.05) is 13.0 Å². The lowest BCUT2D eigenvalue weighted by Gasteiger charge is -2.04. The van der Waals surface area contributed by atoms with Gasteiger partial charge >= 0.3 is 0 Å². The molecule has 1 nitrogen and oxygen atoms in total.